The van der Waals surface area contributed by atoms with E-state index in [1.807, 2.05) is 23.9 Å². The molecule has 22 heavy (non-hydrogen) atoms. The third kappa shape index (κ3) is 10.2. The summed E-state index contributed by atoms with van der Waals surface area (Å²) in [6.45, 7) is 7.42. The van der Waals surface area contributed by atoms with E-state index in [0.29, 0.717) is 6.61 Å². The van der Waals surface area contributed by atoms with E-state index in [4.69, 9.17) is 4.74 Å². The summed E-state index contributed by atoms with van der Waals surface area (Å²) in [6.07, 6.45) is 3.02. The van der Waals surface area contributed by atoms with Crippen LogP contribution in [0.5, 0.6) is 5.75 Å². The van der Waals surface area contributed by atoms with Gasteiger partial charge in [0.05, 0.1) is 6.61 Å². The Balaban J connectivity index is 0.00000441. The van der Waals surface area contributed by atoms with E-state index >= 15 is 0 Å². The van der Waals surface area contributed by atoms with E-state index < -0.39 is 0 Å². The second kappa shape index (κ2) is 14.0. The maximum Gasteiger partial charge on any atom is 0.191 e. The molecule has 4 nitrogen and oxygen atoms in total. The van der Waals surface area contributed by atoms with Crippen LogP contribution < -0.4 is 15.4 Å². The van der Waals surface area contributed by atoms with Crippen molar-refractivity contribution in [3.8, 4) is 5.75 Å². The molecule has 0 bridgehead atoms. The van der Waals surface area contributed by atoms with Gasteiger partial charge in [-0.25, -0.2) is 0 Å². The average Bonchev–Trinajstić information content (AvgIpc) is 2.49. The highest BCUT2D eigenvalue weighted by Gasteiger charge is 1.96. The van der Waals surface area contributed by atoms with Crippen LogP contribution in [0.1, 0.15) is 18.9 Å². The summed E-state index contributed by atoms with van der Waals surface area (Å²) < 4.78 is 5.69. The number of aryl methyl sites for hydroxylation is 1. The molecular weight excluding hydrogens is 409 g/mol. The molecule has 0 aliphatic heterocycles. The monoisotopic (exact) mass is 437 g/mol. The Bertz CT molecular complexity index is 412. The fraction of sp³-hybridized carbons (Fsp3) is 0.562. The minimum atomic E-state index is 0. The Kier molecular flexibility index (Phi) is 13.6. The van der Waals surface area contributed by atoms with Crippen molar-refractivity contribution in [1.82, 2.24) is 10.6 Å². The smallest absolute Gasteiger partial charge is 0.191 e. The van der Waals surface area contributed by atoms with Crippen LogP contribution in [-0.4, -0.2) is 44.2 Å². The van der Waals surface area contributed by atoms with Crippen LogP contribution in [0.3, 0.4) is 0 Å². The van der Waals surface area contributed by atoms with Crippen LogP contribution in [0.15, 0.2) is 29.3 Å². The third-order valence-corrected chi connectivity index (χ3v) is 3.42. The molecule has 0 aliphatic carbocycles. The predicted molar refractivity (Wildman–Crippen MR) is 109 cm³/mol. The van der Waals surface area contributed by atoms with Gasteiger partial charge in [-0.2, -0.15) is 11.8 Å². The second-order valence-electron chi connectivity index (χ2n) is 4.70. The van der Waals surface area contributed by atoms with Crippen molar-refractivity contribution in [3.63, 3.8) is 0 Å². The number of benzene rings is 1. The minimum absolute atomic E-state index is 0. The number of halogens is 1. The molecule has 0 unspecified atom stereocenters. The van der Waals surface area contributed by atoms with Gasteiger partial charge in [-0.1, -0.05) is 17.7 Å². The lowest BCUT2D eigenvalue weighted by Gasteiger charge is -2.10. The summed E-state index contributed by atoms with van der Waals surface area (Å²) in [4.78, 5) is 4.54. The highest BCUT2D eigenvalue weighted by Crippen LogP contribution is 2.11. The standard InChI is InChI=1S/C16H27N3OS.HI/c1-4-17-16(19-11-13-21-3)18-10-5-12-20-15-8-6-14(2)7-9-15;/h6-9H,4-5,10-13H2,1-3H3,(H2,17,18,19);1H. The number of nitrogens with one attached hydrogen (secondary N) is 2. The normalized spacial score (nSPS) is 10.8. The molecule has 6 heteroatoms. The maximum atomic E-state index is 5.69. The van der Waals surface area contributed by atoms with Crippen molar-refractivity contribution >= 4 is 41.7 Å². The Labute approximate surface area is 155 Å². The SMILES string of the molecule is CCNC(=NCCCOc1ccc(C)cc1)NCCSC.I. The predicted octanol–water partition coefficient (Wildman–Crippen LogP) is 3.30. The quantitative estimate of drug-likeness (QED) is 0.269. The molecule has 0 radical (unpaired) electrons. The van der Waals surface area contributed by atoms with Crippen LogP contribution in [-0.2, 0) is 0 Å². The Morgan fingerprint density at radius 1 is 1.23 bits per heavy atom. The molecule has 0 aromatic heterocycles. The van der Waals surface area contributed by atoms with Gasteiger partial charge in [0.2, 0.25) is 0 Å². The van der Waals surface area contributed by atoms with Crippen LogP contribution in [0.2, 0.25) is 0 Å². The van der Waals surface area contributed by atoms with E-state index in [9.17, 15) is 0 Å². The molecule has 0 atom stereocenters. The Morgan fingerprint density at radius 2 is 1.95 bits per heavy atom. The second-order valence-corrected chi connectivity index (χ2v) is 5.68. The molecule has 0 amide bonds. The number of aliphatic imine (C=N–C) groups is 1. The number of ether oxygens (including phenoxy) is 1. The van der Waals surface area contributed by atoms with Gasteiger partial charge < -0.3 is 15.4 Å². The van der Waals surface area contributed by atoms with Gasteiger partial charge in [0.15, 0.2) is 5.96 Å². The minimum Gasteiger partial charge on any atom is -0.494 e. The zero-order chi connectivity index (χ0) is 15.3. The van der Waals surface area contributed by atoms with Crippen molar-refractivity contribution in [3.05, 3.63) is 29.8 Å². The van der Waals surface area contributed by atoms with Gasteiger partial charge in [0.25, 0.3) is 0 Å². The van der Waals surface area contributed by atoms with Gasteiger partial charge in [0, 0.05) is 31.8 Å². The summed E-state index contributed by atoms with van der Waals surface area (Å²) in [5, 5.41) is 6.56. The first kappa shape index (κ1) is 21.4. The van der Waals surface area contributed by atoms with Gasteiger partial charge in [0.1, 0.15) is 5.75 Å². The molecular formula is C16H28IN3OS. The zero-order valence-electron chi connectivity index (χ0n) is 13.7. The van der Waals surface area contributed by atoms with Crippen LogP contribution in [0, 0.1) is 6.92 Å². The first-order valence-corrected chi connectivity index (χ1v) is 8.86. The van der Waals surface area contributed by atoms with Gasteiger partial charge in [-0.05, 0) is 32.2 Å². The molecule has 1 aromatic carbocycles. The van der Waals surface area contributed by atoms with Crippen molar-refractivity contribution < 1.29 is 4.74 Å². The number of guanidine groups is 1. The number of nitrogens with zero attached hydrogens (tertiary/aromatic N) is 1. The summed E-state index contributed by atoms with van der Waals surface area (Å²) in [6, 6.07) is 8.14. The van der Waals surface area contributed by atoms with Crippen molar-refractivity contribution in [2.24, 2.45) is 4.99 Å². The zero-order valence-corrected chi connectivity index (χ0v) is 16.9. The molecule has 126 valence electrons. The molecule has 0 saturated heterocycles. The molecule has 0 saturated carbocycles. The van der Waals surface area contributed by atoms with E-state index in [2.05, 4.69) is 47.9 Å². The van der Waals surface area contributed by atoms with Crippen LogP contribution in [0.25, 0.3) is 0 Å². The summed E-state index contributed by atoms with van der Waals surface area (Å²) in [5.41, 5.74) is 1.25. The molecule has 0 heterocycles. The first-order chi connectivity index (χ1) is 10.3. The van der Waals surface area contributed by atoms with Crippen molar-refractivity contribution in [2.75, 3.05) is 38.2 Å². The van der Waals surface area contributed by atoms with E-state index in [1.54, 1.807) is 0 Å². The first-order valence-electron chi connectivity index (χ1n) is 7.47. The fourth-order valence-electron chi connectivity index (χ4n) is 1.69. The lowest BCUT2D eigenvalue weighted by atomic mass is 10.2. The maximum absolute atomic E-state index is 5.69. The summed E-state index contributed by atoms with van der Waals surface area (Å²) >= 11 is 1.83. The fourth-order valence-corrected chi connectivity index (χ4v) is 2.00. The van der Waals surface area contributed by atoms with E-state index in [-0.39, 0.29) is 24.0 Å². The molecule has 0 fully saturated rings. The largest absolute Gasteiger partial charge is 0.494 e. The van der Waals surface area contributed by atoms with E-state index in [1.165, 1.54) is 5.56 Å². The van der Waals surface area contributed by atoms with Gasteiger partial charge in [-0.15, -0.1) is 24.0 Å². The summed E-state index contributed by atoms with van der Waals surface area (Å²) in [7, 11) is 0. The highest BCUT2D eigenvalue weighted by molar-refractivity contribution is 14.0. The Hall–Kier alpha value is -0.630. The molecule has 0 aliphatic rings. The lowest BCUT2D eigenvalue weighted by molar-refractivity contribution is 0.313. The molecule has 0 spiro atoms. The molecule has 1 aromatic rings. The van der Waals surface area contributed by atoms with E-state index in [0.717, 1.165) is 43.5 Å². The van der Waals surface area contributed by atoms with Crippen LogP contribution in [0.4, 0.5) is 0 Å². The number of hydrogen-bond acceptors (Lipinski definition) is 3. The lowest BCUT2D eigenvalue weighted by Crippen LogP contribution is -2.38. The topological polar surface area (TPSA) is 45.7 Å². The van der Waals surface area contributed by atoms with Crippen molar-refractivity contribution in [2.45, 2.75) is 20.3 Å². The van der Waals surface area contributed by atoms with Crippen molar-refractivity contribution in [1.29, 1.82) is 0 Å². The Morgan fingerprint density at radius 3 is 2.59 bits per heavy atom. The molecule has 1 rings (SSSR count). The number of rotatable bonds is 9. The third-order valence-electron chi connectivity index (χ3n) is 2.80. The average molecular weight is 437 g/mol. The molecule has 2 N–H and O–H groups in total. The summed E-state index contributed by atoms with van der Waals surface area (Å²) in [5.74, 6) is 2.90. The van der Waals surface area contributed by atoms with Gasteiger partial charge in [-0.3, -0.25) is 4.99 Å². The number of thioether (sulfide) groups is 1. The van der Waals surface area contributed by atoms with Crippen LogP contribution >= 0.6 is 35.7 Å². The van der Waals surface area contributed by atoms with Gasteiger partial charge >= 0.3 is 0 Å². The highest BCUT2D eigenvalue weighted by atomic mass is 127. The number of hydrogen-bond donors (Lipinski definition) is 2.